The van der Waals surface area contributed by atoms with Crippen LogP contribution in [0.5, 0.6) is 0 Å². The number of rotatable bonds is 5. The van der Waals surface area contributed by atoms with Crippen molar-refractivity contribution in [3.63, 3.8) is 0 Å². The summed E-state index contributed by atoms with van der Waals surface area (Å²) in [7, 11) is -7.28. The Balaban J connectivity index is 1.34. The molecule has 13 heteroatoms. The van der Waals surface area contributed by atoms with Crippen molar-refractivity contribution in [3.8, 4) is 0 Å². The van der Waals surface area contributed by atoms with Gasteiger partial charge >= 0.3 is 0 Å². The maximum absolute atomic E-state index is 13.1. The predicted molar refractivity (Wildman–Crippen MR) is 129 cm³/mol. The van der Waals surface area contributed by atoms with Gasteiger partial charge in [0.15, 0.2) is 5.11 Å². The van der Waals surface area contributed by atoms with E-state index in [1.807, 2.05) is 4.90 Å². The van der Waals surface area contributed by atoms with Gasteiger partial charge in [0.05, 0.1) is 23.0 Å². The summed E-state index contributed by atoms with van der Waals surface area (Å²) in [4.78, 5) is 2.10. The quantitative estimate of drug-likeness (QED) is 0.584. The van der Waals surface area contributed by atoms with Gasteiger partial charge in [0, 0.05) is 45.0 Å². The molecule has 1 N–H and O–H groups in total. The lowest BCUT2D eigenvalue weighted by Crippen LogP contribution is -2.51. The largest absolute Gasteiger partial charge is 0.379 e. The first-order valence-corrected chi connectivity index (χ1v) is 14.0. The Labute approximate surface area is 204 Å². The molecule has 0 bridgehead atoms. The van der Waals surface area contributed by atoms with Gasteiger partial charge in [0.25, 0.3) is 0 Å². The fraction of sp³-hybridized carbons (Fsp3) is 0.381. The lowest BCUT2D eigenvalue weighted by Gasteiger charge is -2.35. The van der Waals surface area contributed by atoms with E-state index in [2.05, 4.69) is 5.32 Å². The maximum Gasteiger partial charge on any atom is 0.243 e. The molecule has 34 heavy (non-hydrogen) atoms. The van der Waals surface area contributed by atoms with Gasteiger partial charge in [-0.05, 0) is 60.7 Å². The van der Waals surface area contributed by atoms with E-state index in [1.165, 1.54) is 32.9 Å². The summed E-state index contributed by atoms with van der Waals surface area (Å²) in [5.74, 6) is -0.494. The van der Waals surface area contributed by atoms with Crippen LogP contribution in [0.2, 0.25) is 0 Å². The smallest absolute Gasteiger partial charge is 0.243 e. The summed E-state index contributed by atoms with van der Waals surface area (Å²) in [6.45, 7) is 2.66. The van der Waals surface area contributed by atoms with E-state index in [-0.39, 0.29) is 22.9 Å². The Morgan fingerprint density at radius 2 is 1.24 bits per heavy atom. The first-order chi connectivity index (χ1) is 16.2. The molecule has 2 aliphatic heterocycles. The van der Waals surface area contributed by atoms with Crippen LogP contribution >= 0.6 is 12.2 Å². The average Bonchev–Trinajstić information content (AvgIpc) is 2.85. The highest BCUT2D eigenvalue weighted by atomic mass is 32.2. The molecule has 2 aliphatic rings. The van der Waals surface area contributed by atoms with Crippen LogP contribution in [0, 0.1) is 5.82 Å². The van der Waals surface area contributed by atoms with Crippen LogP contribution in [0.4, 0.5) is 10.1 Å². The zero-order chi connectivity index (χ0) is 24.3. The molecule has 0 spiro atoms. The van der Waals surface area contributed by atoms with Gasteiger partial charge in [-0.1, -0.05) is 0 Å². The second kappa shape index (κ2) is 10.2. The minimum absolute atomic E-state index is 0.0511. The number of morpholine rings is 1. The number of sulfonamides is 2. The molecular formula is C21H25FN4O5S3. The van der Waals surface area contributed by atoms with Crippen molar-refractivity contribution in [1.82, 2.24) is 13.5 Å². The molecule has 2 heterocycles. The van der Waals surface area contributed by atoms with Gasteiger partial charge in [-0.15, -0.1) is 0 Å². The molecule has 2 fully saturated rings. The van der Waals surface area contributed by atoms with Crippen molar-refractivity contribution in [2.75, 3.05) is 57.8 Å². The predicted octanol–water partition coefficient (Wildman–Crippen LogP) is 1.55. The molecule has 0 saturated carbocycles. The average molecular weight is 529 g/mol. The Kier molecular flexibility index (Phi) is 7.50. The number of benzene rings is 2. The van der Waals surface area contributed by atoms with E-state index < -0.39 is 25.9 Å². The standard InChI is InChI=1S/C21H25FN4O5S3/c22-17-1-5-19(6-2-17)33(27,28)25-11-9-24(10-12-25)21(32)23-18-3-7-20(8-4-18)34(29,30)26-13-15-31-16-14-26/h1-8H,9-16H2,(H,23,32). The first kappa shape index (κ1) is 24.9. The topological polar surface area (TPSA) is 99.3 Å². The Bertz CT molecular complexity index is 1220. The van der Waals surface area contributed by atoms with E-state index in [0.29, 0.717) is 50.2 Å². The summed E-state index contributed by atoms with van der Waals surface area (Å²) < 4.78 is 72.1. The SMILES string of the molecule is O=S(=O)(c1ccc(NC(=S)N2CCN(S(=O)(=O)c3ccc(F)cc3)CC2)cc1)N1CCOCC1. The third-order valence-electron chi connectivity index (χ3n) is 5.69. The van der Waals surface area contributed by atoms with Gasteiger partial charge in [0.2, 0.25) is 20.0 Å². The minimum atomic E-state index is -3.71. The van der Waals surface area contributed by atoms with Crippen molar-refractivity contribution in [2.45, 2.75) is 9.79 Å². The van der Waals surface area contributed by atoms with Crippen LogP contribution in [0.3, 0.4) is 0 Å². The maximum atomic E-state index is 13.1. The number of ether oxygens (including phenoxy) is 1. The highest BCUT2D eigenvalue weighted by Gasteiger charge is 2.30. The first-order valence-electron chi connectivity index (χ1n) is 10.7. The van der Waals surface area contributed by atoms with Crippen LogP contribution in [-0.2, 0) is 24.8 Å². The van der Waals surface area contributed by atoms with Crippen molar-refractivity contribution in [3.05, 3.63) is 54.3 Å². The summed E-state index contributed by atoms with van der Waals surface area (Å²) in [6.07, 6.45) is 0. The molecule has 0 atom stereocenters. The van der Waals surface area contributed by atoms with E-state index in [4.69, 9.17) is 17.0 Å². The third kappa shape index (κ3) is 5.39. The number of nitrogens with zero attached hydrogens (tertiary/aromatic N) is 3. The normalized spacial score (nSPS) is 18.6. The lowest BCUT2D eigenvalue weighted by molar-refractivity contribution is 0.0730. The van der Waals surface area contributed by atoms with Crippen LogP contribution in [0.1, 0.15) is 0 Å². The Morgan fingerprint density at radius 3 is 1.76 bits per heavy atom. The van der Waals surface area contributed by atoms with E-state index >= 15 is 0 Å². The number of halogens is 1. The van der Waals surface area contributed by atoms with Gasteiger partial charge in [-0.25, -0.2) is 21.2 Å². The fourth-order valence-electron chi connectivity index (χ4n) is 3.74. The van der Waals surface area contributed by atoms with Crippen LogP contribution in [0.25, 0.3) is 0 Å². The molecule has 184 valence electrons. The molecule has 9 nitrogen and oxygen atoms in total. The molecule has 0 unspecified atom stereocenters. The fourth-order valence-corrected chi connectivity index (χ4v) is 6.87. The van der Waals surface area contributed by atoms with Gasteiger partial charge in [-0.3, -0.25) is 0 Å². The number of thiocarbonyl (C=S) groups is 1. The Hall–Kier alpha value is -2.16. The molecule has 2 aromatic rings. The van der Waals surface area contributed by atoms with Gasteiger partial charge in [-0.2, -0.15) is 8.61 Å². The van der Waals surface area contributed by atoms with Gasteiger partial charge in [0.1, 0.15) is 5.82 Å². The number of hydrogen-bond acceptors (Lipinski definition) is 6. The minimum Gasteiger partial charge on any atom is -0.379 e. The number of hydrogen-bond donors (Lipinski definition) is 1. The highest BCUT2D eigenvalue weighted by Crippen LogP contribution is 2.21. The zero-order valence-electron chi connectivity index (χ0n) is 18.3. The molecule has 4 rings (SSSR count). The van der Waals surface area contributed by atoms with E-state index in [9.17, 15) is 21.2 Å². The molecule has 2 saturated heterocycles. The lowest BCUT2D eigenvalue weighted by atomic mass is 10.3. The van der Waals surface area contributed by atoms with Gasteiger partial charge < -0.3 is 15.0 Å². The second-order valence-electron chi connectivity index (χ2n) is 7.82. The van der Waals surface area contributed by atoms with E-state index in [0.717, 1.165) is 12.1 Å². The van der Waals surface area contributed by atoms with Crippen molar-refractivity contribution >= 4 is 43.1 Å². The summed E-state index contributed by atoms with van der Waals surface area (Å²) in [5, 5.41) is 3.50. The van der Waals surface area contributed by atoms with Crippen LogP contribution in [-0.4, -0.2) is 87.9 Å². The molecule has 0 aromatic heterocycles. The van der Waals surface area contributed by atoms with Crippen LogP contribution < -0.4 is 5.32 Å². The monoisotopic (exact) mass is 528 g/mol. The highest BCUT2D eigenvalue weighted by molar-refractivity contribution is 7.89. The summed E-state index contributed by atoms with van der Waals surface area (Å²) in [6, 6.07) is 11.1. The molecule has 0 aliphatic carbocycles. The zero-order valence-corrected chi connectivity index (χ0v) is 20.7. The number of piperazine rings is 1. The second-order valence-corrected chi connectivity index (χ2v) is 12.1. The number of anilines is 1. The van der Waals surface area contributed by atoms with E-state index in [1.54, 1.807) is 12.1 Å². The summed E-state index contributed by atoms with van der Waals surface area (Å²) in [5.41, 5.74) is 0.632. The van der Waals surface area contributed by atoms with Crippen molar-refractivity contribution in [2.24, 2.45) is 0 Å². The molecule has 0 radical (unpaired) electrons. The van der Waals surface area contributed by atoms with Crippen LogP contribution in [0.15, 0.2) is 58.3 Å². The third-order valence-corrected chi connectivity index (χ3v) is 9.88. The molecule has 2 aromatic carbocycles. The van der Waals surface area contributed by atoms with Crippen molar-refractivity contribution < 1.29 is 26.0 Å². The summed E-state index contributed by atoms with van der Waals surface area (Å²) >= 11 is 5.47. The number of nitrogens with one attached hydrogen (secondary N) is 1. The van der Waals surface area contributed by atoms with Crippen molar-refractivity contribution in [1.29, 1.82) is 0 Å². The molecular weight excluding hydrogens is 503 g/mol. The molecule has 0 amide bonds. The Morgan fingerprint density at radius 1 is 0.765 bits per heavy atom.